The maximum absolute atomic E-state index is 11.4. The molecular weight excluding hydrogens is 296 g/mol. The van der Waals surface area contributed by atoms with Crippen molar-refractivity contribution in [2.45, 2.75) is 25.6 Å². The second-order valence-corrected chi connectivity index (χ2v) is 5.59. The maximum Gasteiger partial charge on any atom is 0.303 e. The highest BCUT2D eigenvalue weighted by Crippen LogP contribution is 2.44. The van der Waals surface area contributed by atoms with Gasteiger partial charge in [-0.3, -0.25) is 4.79 Å². The summed E-state index contributed by atoms with van der Waals surface area (Å²) < 4.78 is 22.4. The van der Waals surface area contributed by atoms with Gasteiger partial charge in [0.1, 0.15) is 18.0 Å². The molecule has 2 heterocycles. The Labute approximate surface area is 133 Å². The highest BCUT2D eigenvalue weighted by Gasteiger charge is 2.32. The summed E-state index contributed by atoms with van der Waals surface area (Å²) >= 11 is 0. The largest absolute Gasteiger partial charge is 0.485 e. The Hall–Kier alpha value is -2.69. The quantitative estimate of drug-likeness (QED) is 0.794. The standard InChI is InChI=1S/C18H16O5/c1-11(19)22-17-9-16(23-14-5-3-2-4-13(14)17)12-6-7-15-18(8-12)21-10-20-15/h2-8,16-17H,9-10H2,1H3/t16-,17-/m0/s1. The van der Waals surface area contributed by atoms with Crippen LogP contribution in [0.2, 0.25) is 0 Å². The van der Waals surface area contributed by atoms with E-state index >= 15 is 0 Å². The lowest BCUT2D eigenvalue weighted by atomic mass is 9.94. The normalized spacial score (nSPS) is 21.3. The lowest BCUT2D eigenvalue weighted by Crippen LogP contribution is -2.22. The number of fused-ring (bicyclic) bond motifs is 2. The molecule has 2 aliphatic rings. The molecule has 0 radical (unpaired) electrons. The lowest BCUT2D eigenvalue weighted by Gasteiger charge is -2.32. The molecule has 2 aromatic rings. The molecular formula is C18H16O5. The predicted molar refractivity (Wildman–Crippen MR) is 81.5 cm³/mol. The zero-order valence-corrected chi connectivity index (χ0v) is 12.7. The minimum Gasteiger partial charge on any atom is -0.485 e. The van der Waals surface area contributed by atoms with Crippen LogP contribution in [0.4, 0.5) is 0 Å². The molecule has 0 bridgehead atoms. The Kier molecular flexibility index (Phi) is 3.33. The maximum atomic E-state index is 11.4. The fourth-order valence-electron chi connectivity index (χ4n) is 3.01. The van der Waals surface area contributed by atoms with E-state index < -0.39 is 0 Å². The van der Waals surface area contributed by atoms with Crippen molar-refractivity contribution in [2.24, 2.45) is 0 Å². The van der Waals surface area contributed by atoms with Crippen LogP contribution in [-0.4, -0.2) is 12.8 Å². The van der Waals surface area contributed by atoms with E-state index in [-0.39, 0.29) is 25.0 Å². The fourth-order valence-corrected chi connectivity index (χ4v) is 3.01. The highest BCUT2D eigenvalue weighted by atomic mass is 16.7. The summed E-state index contributed by atoms with van der Waals surface area (Å²) in [5.74, 6) is 1.90. The molecule has 0 aliphatic carbocycles. The van der Waals surface area contributed by atoms with E-state index in [4.69, 9.17) is 18.9 Å². The molecule has 0 saturated carbocycles. The van der Waals surface area contributed by atoms with Crippen LogP contribution in [0.1, 0.15) is 36.7 Å². The first-order valence-corrected chi connectivity index (χ1v) is 7.53. The van der Waals surface area contributed by atoms with Gasteiger partial charge in [0, 0.05) is 18.9 Å². The first kappa shape index (κ1) is 13.9. The van der Waals surface area contributed by atoms with Crippen molar-refractivity contribution in [3.63, 3.8) is 0 Å². The number of hydrogen-bond donors (Lipinski definition) is 0. The zero-order valence-electron chi connectivity index (χ0n) is 12.7. The number of rotatable bonds is 2. The minimum atomic E-state index is -0.312. The lowest BCUT2D eigenvalue weighted by molar-refractivity contribution is -0.149. The summed E-state index contributed by atoms with van der Waals surface area (Å²) in [6.45, 7) is 1.66. The van der Waals surface area contributed by atoms with E-state index in [9.17, 15) is 4.79 Å². The van der Waals surface area contributed by atoms with Crippen molar-refractivity contribution in [1.82, 2.24) is 0 Å². The topological polar surface area (TPSA) is 54.0 Å². The molecule has 4 rings (SSSR count). The van der Waals surface area contributed by atoms with Crippen LogP contribution in [0.25, 0.3) is 0 Å². The molecule has 5 heteroatoms. The molecule has 0 saturated heterocycles. The summed E-state index contributed by atoms with van der Waals surface area (Å²) in [4.78, 5) is 11.4. The number of benzene rings is 2. The van der Waals surface area contributed by atoms with Gasteiger partial charge in [-0.1, -0.05) is 24.3 Å². The average Bonchev–Trinajstić information content (AvgIpc) is 3.01. The number of para-hydroxylation sites is 1. The Morgan fingerprint density at radius 1 is 1.09 bits per heavy atom. The van der Waals surface area contributed by atoms with Gasteiger partial charge in [0.15, 0.2) is 11.5 Å². The third-order valence-corrected chi connectivity index (χ3v) is 4.04. The molecule has 0 unspecified atom stereocenters. The van der Waals surface area contributed by atoms with Crippen LogP contribution in [0.5, 0.6) is 17.2 Å². The van der Waals surface area contributed by atoms with E-state index in [1.165, 1.54) is 6.92 Å². The van der Waals surface area contributed by atoms with Gasteiger partial charge in [-0.25, -0.2) is 0 Å². The number of esters is 1. The smallest absolute Gasteiger partial charge is 0.303 e. The Morgan fingerprint density at radius 3 is 2.78 bits per heavy atom. The molecule has 2 aliphatic heterocycles. The van der Waals surface area contributed by atoms with Gasteiger partial charge in [0.25, 0.3) is 0 Å². The van der Waals surface area contributed by atoms with Gasteiger partial charge in [-0.2, -0.15) is 0 Å². The molecule has 118 valence electrons. The van der Waals surface area contributed by atoms with Crippen molar-refractivity contribution in [3.8, 4) is 17.2 Å². The molecule has 0 amide bonds. The summed E-state index contributed by atoms with van der Waals surface area (Å²) in [5.41, 5.74) is 1.88. The summed E-state index contributed by atoms with van der Waals surface area (Å²) in [7, 11) is 0. The number of carbonyl (C=O) groups is 1. The number of carbonyl (C=O) groups excluding carboxylic acids is 1. The third-order valence-electron chi connectivity index (χ3n) is 4.04. The van der Waals surface area contributed by atoms with Crippen molar-refractivity contribution in [1.29, 1.82) is 0 Å². The summed E-state index contributed by atoms with van der Waals surface area (Å²) in [6.07, 6.45) is 0.0487. The summed E-state index contributed by atoms with van der Waals surface area (Å²) in [5, 5.41) is 0. The summed E-state index contributed by atoms with van der Waals surface area (Å²) in [6, 6.07) is 13.4. The minimum absolute atomic E-state index is 0.205. The first-order chi connectivity index (χ1) is 11.2. The zero-order chi connectivity index (χ0) is 15.8. The Bertz CT molecular complexity index is 755. The second-order valence-electron chi connectivity index (χ2n) is 5.59. The van der Waals surface area contributed by atoms with E-state index in [1.54, 1.807) is 0 Å². The highest BCUT2D eigenvalue weighted by molar-refractivity contribution is 5.66. The van der Waals surface area contributed by atoms with E-state index in [0.29, 0.717) is 12.2 Å². The monoisotopic (exact) mass is 312 g/mol. The number of hydrogen-bond acceptors (Lipinski definition) is 5. The molecule has 5 nitrogen and oxygen atoms in total. The molecule has 2 aromatic carbocycles. The third kappa shape index (κ3) is 2.59. The Morgan fingerprint density at radius 2 is 1.91 bits per heavy atom. The average molecular weight is 312 g/mol. The van der Waals surface area contributed by atoms with Gasteiger partial charge in [-0.15, -0.1) is 0 Å². The van der Waals surface area contributed by atoms with Crippen LogP contribution in [0, 0.1) is 0 Å². The van der Waals surface area contributed by atoms with E-state index in [1.807, 2.05) is 42.5 Å². The van der Waals surface area contributed by atoms with E-state index in [2.05, 4.69) is 0 Å². The van der Waals surface area contributed by atoms with Gasteiger partial charge in [-0.05, 0) is 23.8 Å². The second kappa shape index (κ2) is 5.50. The van der Waals surface area contributed by atoms with Crippen LogP contribution in [0.3, 0.4) is 0 Å². The fraction of sp³-hybridized carbons (Fsp3) is 0.278. The van der Waals surface area contributed by atoms with Crippen LogP contribution < -0.4 is 14.2 Å². The molecule has 23 heavy (non-hydrogen) atoms. The molecule has 0 N–H and O–H groups in total. The predicted octanol–water partition coefficient (Wildman–Crippen LogP) is 3.54. The Balaban J connectivity index is 1.67. The van der Waals surface area contributed by atoms with Crippen molar-refractivity contribution in [2.75, 3.05) is 6.79 Å². The van der Waals surface area contributed by atoms with Gasteiger partial charge < -0.3 is 18.9 Å². The van der Waals surface area contributed by atoms with Crippen LogP contribution in [0.15, 0.2) is 42.5 Å². The van der Waals surface area contributed by atoms with Crippen molar-refractivity contribution in [3.05, 3.63) is 53.6 Å². The van der Waals surface area contributed by atoms with Gasteiger partial charge in [0.2, 0.25) is 6.79 Å². The molecule has 0 spiro atoms. The molecule has 0 fully saturated rings. The molecule has 2 atom stereocenters. The van der Waals surface area contributed by atoms with Crippen LogP contribution in [-0.2, 0) is 9.53 Å². The number of ether oxygens (including phenoxy) is 4. The molecule has 0 aromatic heterocycles. The van der Waals surface area contributed by atoms with Crippen LogP contribution >= 0.6 is 0 Å². The van der Waals surface area contributed by atoms with E-state index in [0.717, 1.165) is 22.6 Å². The van der Waals surface area contributed by atoms with Gasteiger partial charge in [0.05, 0.1) is 0 Å². The van der Waals surface area contributed by atoms with Crippen molar-refractivity contribution >= 4 is 5.97 Å². The van der Waals surface area contributed by atoms with Gasteiger partial charge >= 0.3 is 5.97 Å². The SMILES string of the molecule is CC(=O)O[C@H]1C[C@@H](c2ccc3c(c2)OCO3)Oc2ccccc21. The van der Waals surface area contributed by atoms with Crippen molar-refractivity contribution < 1.29 is 23.7 Å². The first-order valence-electron chi connectivity index (χ1n) is 7.53.